The quantitative estimate of drug-likeness (QED) is 0.748. The number of nitrogens with two attached hydrogens (primary N) is 1. The third-order valence-corrected chi connectivity index (χ3v) is 2.46. The predicted octanol–water partition coefficient (Wildman–Crippen LogP) is 0.355. The molecule has 0 aliphatic heterocycles. The van der Waals surface area contributed by atoms with Crippen molar-refractivity contribution in [3.8, 4) is 5.88 Å². The van der Waals surface area contributed by atoms with E-state index in [4.69, 9.17) is 10.5 Å². The van der Waals surface area contributed by atoms with E-state index >= 15 is 0 Å². The van der Waals surface area contributed by atoms with Gasteiger partial charge in [-0.15, -0.1) is 0 Å². The van der Waals surface area contributed by atoms with Gasteiger partial charge in [-0.1, -0.05) is 0 Å². The van der Waals surface area contributed by atoms with Crippen molar-refractivity contribution in [1.82, 2.24) is 9.97 Å². The van der Waals surface area contributed by atoms with E-state index in [1.54, 1.807) is 13.2 Å². The molecule has 1 unspecified atom stereocenters. The van der Waals surface area contributed by atoms with E-state index in [1.165, 1.54) is 0 Å². The second kappa shape index (κ2) is 4.12. The van der Waals surface area contributed by atoms with E-state index in [9.17, 15) is 5.11 Å². The Balaban J connectivity index is 2.32. The van der Waals surface area contributed by atoms with Crippen LogP contribution in [0.15, 0.2) is 6.07 Å². The maximum atomic E-state index is 9.61. The van der Waals surface area contributed by atoms with Crippen LogP contribution in [0.25, 0.3) is 0 Å². The van der Waals surface area contributed by atoms with Crippen LogP contribution in [0.5, 0.6) is 5.88 Å². The Kier molecular flexibility index (Phi) is 2.83. The van der Waals surface area contributed by atoms with Crippen LogP contribution in [0, 0.1) is 0 Å². The molecule has 1 aromatic heterocycles. The second-order valence-electron chi connectivity index (χ2n) is 3.72. The van der Waals surface area contributed by atoms with Gasteiger partial charge in [0, 0.05) is 18.5 Å². The summed E-state index contributed by atoms with van der Waals surface area (Å²) in [5, 5.41) is 9.61. The minimum absolute atomic E-state index is 0.157. The van der Waals surface area contributed by atoms with E-state index in [0.717, 1.165) is 18.7 Å². The summed E-state index contributed by atoms with van der Waals surface area (Å²) in [5.74, 6) is 1.69. The molecule has 0 saturated heterocycles. The lowest BCUT2D eigenvalue weighted by Gasteiger charge is -2.10. The van der Waals surface area contributed by atoms with Crippen molar-refractivity contribution >= 4 is 0 Å². The summed E-state index contributed by atoms with van der Waals surface area (Å²) in [4.78, 5) is 8.54. The fraction of sp³-hybridized carbons (Fsp3) is 0.600. The zero-order valence-corrected chi connectivity index (χ0v) is 8.68. The average Bonchev–Trinajstić information content (AvgIpc) is 3.11. The molecular formula is C10H15N3O2. The van der Waals surface area contributed by atoms with Crippen molar-refractivity contribution < 1.29 is 9.84 Å². The van der Waals surface area contributed by atoms with Gasteiger partial charge in [0.25, 0.3) is 0 Å². The lowest BCUT2D eigenvalue weighted by atomic mass is 10.2. The van der Waals surface area contributed by atoms with E-state index in [0.29, 0.717) is 17.5 Å². The van der Waals surface area contributed by atoms with Crippen LogP contribution in [0.1, 0.15) is 36.4 Å². The summed E-state index contributed by atoms with van der Waals surface area (Å²) >= 11 is 0. The zero-order valence-electron chi connectivity index (χ0n) is 8.68. The van der Waals surface area contributed by atoms with Gasteiger partial charge in [-0.3, -0.25) is 0 Å². The van der Waals surface area contributed by atoms with Crippen LogP contribution in [-0.2, 0) is 0 Å². The molecule has 0 aromatic carbocycles. The van der Waals surface area contributed by atoms with Gasteiger partial charge < -0.3 is 15.6 Å². The molecule has 0 spiro atoms. The van der Waals surface area contributed by atoms with Crippen LogP contribution in [0.2, 0.25) is 0 Å². The normalized spacial score (nSPS) is 17.5. The first-order valence-electron chi connectivity index (χ1n) is 5.05. The second-order valence-corrected chi connectivity index (χ2v) is 3.72. The van der Waals surface area contributed by atoms with E-state index < -0.39 is 6.10 Å². The van der Waals surface area contributed by atoms with Gasteiger partial charge in [-0.25, -0.2) is 4.98 Å². The minimum Gasteiger partial charge on any atom is -0.481 e. The molecule has 0 bridgehead atoms. The lowest BCUT2D eigenvalue weighted by molar-refractivity contribution is 0.180. The summed E-state index contributed by atoms with van der Waals surface area (Å²) < 4.78 is 5.07. The Morgan fingerprint density at radius 3 is 2.87 bits per heavy atom. The molecule has 1 fully saturated rings. The number of aliphatic hydroxyl groups is 1. The molecule has 82 valence electrons. The van der Waals surface area contributed by atoms with Crippen LogP contribution in [0.3, 0.4) is 0 Å². The smallest absolute Gasteiger partial charge is 0.216 e. The number of rotatable bonds is 4. The lowest BCUT2D eigenvalue weighted by Crippen LogP contribution is -2.14. The molecule has 3 N–H and O–H groups in total. The highest BCUT2D eigenvalue weighted by Crippen LogP contribution is 2.38. The number of aromatic nitrogens is 2. The largest absolute Gasteiger partial charge is 0.481 e. The van der Waals surface area contributed by atoms with E-state index in [1.807, 2.05) is 0 Å². The summed E-state index contributed by atoms with van der Waals surface area (Å²) in [6.07, 6.45) is 1.50. The van der Waals surface area contributed by atoms with Crippen molar-refractivity contribution in [2.75, 3.05) is 13.7 Å². The standard InChI is InChI=1S/C10H15N3O2/c1-15-9-4-7(8(14)5-11)12-10(13-9)6-2-3-6/h4,6,8,14H,2-3,5,11H2,1H3. The zero-order chi connectivity index (χ0) is 10.8. The molecule has 1 saturated carbocycles. The van der Waals surface area contributed by atoms with Gasteiger partial charge >= 0.3 is 0 Å². The summed E-state index contributed by atoms with van der Waals surface area (Å²) in [5.41, 5.74) is 5.93. The molecule has 0 amide bonds. The number of hydrogen-bond acceptors (Lipinski definition) is 5. The topological polar surface area (TPSA) is 81.3 Å². The maximum Gasteiger partial charge on any atom is 0.216 e. The average molecular weight is 209 g/mol. The van der Waals surface area contributed by atoms with Gasteiger partial charge in [-0.05, 0) is 12.8 Å². The molecule has 2 rings (SSSR count). The number of nitrogens with zero attached hydrogens (tertiary/aromatic N) is 2. The van der Waals surface area contributed by atoms with Gasteiger partial charge in [0.05, 0.1) is 12.8 Å². The summed E-state index contributed by atoms with van der Waals surface area (Å²) in [7, 11) is 1.55. The molecule has 5 nitrogen and oxygen atoms in total. The number of ether oxygens (including phenoxy) is 1. The van der Waals surface area contributed by atoms with Crippen LogP contribution in [-0.4, -0.2) is 28.7 Å². The Bertz CT molecular complexity index is 353. The van der Waals surface area contributed by atoms with Crippen molar-refractivity contribution in [3.63, 3.8) is 0 Å². The first-order chi connectivity index (χ1) is 7.24. The minimum atomic E-state index is -0.737. The Morgan fingerprint density at radius 2 is 2.33 bits per heavy atom. The molecule has 0 radical (unpaired) electrons. The monoisotopic (exact) mass is 209 g/mol. The van der Waals surface area contributed by atoms with E-state index in [2.05, 4.69) is 9.97 Å². The molecule has 15 heavy (non-hydrogen) atoms. The van der Waals surface area contributed by atoms with E-state index in [-0.39, 0.29) is 6.54 Å². The third kappa shape index (κ3) is 2.24. The predicted molar refractivity (Wildman–Crippen MR) is 54.6 cm³/mol. The fourth-order valence-corrected chi connectivity index (χ4v) is 1.38. The van der Waals surface area contributed by atoms with Gasteiger partial charge in [0.1, 0.15) is 11.9 Å². The third-order valence-electron chi connectivity index (χ3n) is 2.46. The van der Waals surface area contributed by atoms with Gasteiger partial charge in [0.2, 0.25) is 5.88 Å². The Labute approximate surface area is 88.3 Å². The maximum absolute atomic E-state index is 9.61. The molecule has 5 heteroatoms. The van der Waals surface area contributed by atoms with Gasteiger partial charge in [-0.2, -0.15) is 4.98 Å². The summed E-state index contributed by atoms with van der Waals surface area (Å²) in [6, 6.07) is 1.63. The molecule has 1 aliphatic carbocycles. The van der Waals surface area contributed by atoms with Crippen LogP contribution >= 0.6 is 0 Å². The molecular weight excluding hydrogens is 194 g/mol. The Morgan fingerprint density at radius 1 is 1.60 bits per heavy atom. The van der Waals surface area contributed by atoms with Crippen molar-refractivity contribution in [2.24, 2.45) is 5.73 Å². The molecule has 1 aromatic rings. The highest BCUT2D eigenvalue weighted by molar-refractivity contribution is 5.21. The van der Waals surface area contributed by atoms with Crippen LogP contribution < -0.4 is 10.5 Å². The van der Waals surface area contributed by atoms with Gasteiger partial charge in [0.15, 0.2) is 0 Å². The first-order valence-corrected chi connectivity index (χ1v) is 5.05. The molecule has 1 atom stereocenters. The molecule has 1 aliphatic rings. The number of methoxy groups -OCH3 is 1. The summed E-state index contributed by atoms with van der Waals surface area (Å²) in [6.45, 7) is 0.157. The van der Waals surface area contributed by atoms with Crippen molar-refractivity contribution in [2.45, 2.75) is 24.9 Å². The van der Waals surface area contributed by atoms with Crippen LogP contribution in [0.4, 0.5) is 0 Å². The van der Waals surface area contributed by atoms with Crippen molar-refractivity contribution in [1.29, 1.82) is 0 Å². The fourth-order valence-electron chi connectivity index (χ4n) is 1.38. The highest BCUT2D eigenvalue weighted by atomic mass is 16.5. The SMILES string of the molecule is COc1cc(C(O)CN)nc(C2CC2)n1. The number of hydrogen-bond donors (Lipinski definition) is 2. The van der Waals surface area contributed by atoms with Crippen molar-refractivity contribution in [3.05, 3.63) is 17.6 Å². The molecule has 1 heterocycles. The number of aliphatic hydroxyl groups excluding tert-OH is 1. The Hall–Kier alpha value is -1.20. The highest BCUT2D eigenvalue weighted by Gasteiger charge is 2.28. The first kappa shape index (κ1) is 10.3.